The Morgan fingerprint density at radius 1 is 1.38 bits per heavy atom. The number of nitro benzene ring substituents is 1. The second-order valence-corrected chi connectivity index (χ2v) is 4.18. The van der Waals surface area contributed by atoms with Gasteiger partial charge in [-0.2, -0.15) is 5.10 Å². The van der Waals surface area contributed by atoms with E-state index in [0.29, 0.717) is 5.56 Å². The largest absolute Gasteiger partial charge is 0.477 e. The topological polar surface area (TPSA) is 138 Å². The molecule has 0 atom stereocenters. The van der Waals surface area contributed by atoms with Crippen LogP contribution in [0.1, 0.15) is 26.4 Å². The minimum Gasteiger partial charge on any atom is -0.477 e. The summed E-state index contributed by atoms with van der Waals surface area (Å²) < 4.78 is 0. The van der Waals surface area contributed by atoms with Crippen LogP contribution in [0, 0.1) is 17.0 Å². The maximum absolute atomic E-state index is 12.0. The van der Waals surface area contributed by atoms with Gasteiger partial charge in [0.05, 0.1) is 4.92 Å². The van der Waals surface area contributed by atoms with E-state index in [9.17, 15) is 19.7 Å². The number of aromatic carboxylic acids is 1. The molecule has 0 radical (unpaired) electrons. The van der Waals surface area contributed by atoms with Crippen molar-refractivity contribution in [3.63, 3.8) is 0 Å². The van der Waals surface area contributed by atoms with Gasteiger partial charge in [-0.15, -0.1) is 0 Å². The van der Waals surface area contributed by atoms with Gasteiger partial charge in [0.2, 0.25) is 0 Å². The molecule has 0 fully saturated rings. The number of carboxylic acid groups (broad SMARTS) is 1. The molecule has 0 bridgehead atoms. The molecule has 1 aromatic heterocycles. The summed E-state index contributed by atoms with van der Waals surface area (Å²) in [6, 6.07) is 4.99. The van der Waals surface area contributed by atoms with Gasteiger partial charge < -0.3 is 10.4 Å². The highest BCUT2D eigenvalue weighted by molar-refractivity contribution is 6.05. The third kappa shape index (κ3) is 3.03. The van der Waals surface area contributed by atoms with E-state index in [1.54, 1.807) is 6.92 Å². The summed E-state index contributed by atoms with van der Waals surface area (Å²) in [4.78, 5) is 32.8. The number of aromatic nitrogens is 2. The van der Waals surface area contributed by atoms with Crippen LogP contribution < -0.4 is 5.32 Å². The van der Waals surface area contributed by atoms with Crippen LogP contribution in [0.15, 0.2) is 24.3 Å². The average Bonchev–Trinajstić information content (AvgIpc) is 2.87. The average molecular weight is 290 g/mol. The minimum absolute atomic E-state index is 0.0511. The molecule has 0 spiro atoms. The van der Waals surface area contributed by atoms with Crippen molar-refractivity contribution in [3.05, 3.63) is 51.2 Å². The highest BCUT2D eigenvalue weighted by Gasteiger charge is 2.15. The van der Waals surface area contributed by atoms with Crippen LogP contribution in [-0.2, 0) is 0 Å². The third-order valence-electron chi connectivity index (χ3n) is 2.72. The first kappa shape index (κ1) is 14.2. The summed E-state index contributed by atoms with van der Waals surface area (Å²) in [7, 11) is 0. The van der Waals surface area contributed by atoms with Crippen LogP contribution in [0.4, 0.5) is 11.5 Å². The van der Waals surface area contributed by atoms with Gasteiger partial charge in [-0.1, -0.05) is 0 Å². The minimum atomic E-state index is -1.20. The molecular formula is C12H10N4O5. The number of rotatable bonds is 4. The van der Waals surface area contributed by atoms with E-state index in [0.717, 1.165) is 0 Å². The zero-order chi connectivity index (χ0) is 15.6. The number of carboxylic acids is 1. The molecule has 21 heavy (non-hydrogen) atoms. The van der Waals surface area contributed by atoms with E-state index in [1.165, 1.54) is 24.3 Å². The number of H-pyrrole nitrogens is 1. The van der Waals surface area contributed by atoms with Crippen molar-refractivity contribution in [2.45, 2.75) is 6.92 Å². The molecule has 0 saturated carbocycles. The first-order valence-electron chi connectivity index (χ1n) is 5.73. The number of hydrogen-bond donors (Lipinski definition) is 3. The smallest absolute Gasteiger partial charge is 0.353 e. The van der Waals surface area contributed by atoms with Crippen molar-refractivity contribution in [2.75, 3.05) is 5.32 Å². The number of benzene rings is 1. The number of nitro groups is 1. The Balaban J connectivity index is 2.20. The predicted molar refractivity (Wildman–Crippen MR) is 71.3 cm³/mol. The van der Waals surface area contributed by atoms with Crippen molar-refractivity contribution in [1.29, 1.82) is 0 Å². The first-order chi connectivity index (χ1) is 9.88. The molecule has 3 N–H and O–H groups in total. The van der Waals surface area contributed by atoms with Gasteiger partial charge in [0.25, 0.3) is 11.6 Å². The molecule has 0 unspecified atom stereocenters. The molecule has 108 valence electrons. The van der Waals surface area contributed by atoms with Crippen LogP contribution in [0.5, 0.6) is 0 Å². The van der Waals surface area contributed by atoms with E-state index < -0.39 is 16.8 Å². The highest BCUT2D eigenvalue weighted by atomic mass is 16.6. The number of amides is 1. The predicted octanol–water partition coefficient (Wildman–Crippen LogP) is 1.58. The van der Waals surface area contributed by atoms with Gasteiger partial charge >= 0.3 is 5.97 Å². The van der Waals surface area contributed by atoms with Gasteiger partial charge in [-0.25, -0.2) is 4.79 Å². The number of carbonyl (C=O) groups is 2. The van der Waals surface area contributed by atoms with Crippen LogP contribution in [0.3, 0.4) is 0 Å². The van der Waals surface area contributed by atoms with Crippen LogP contribution in [0.2, 0.25) is 0 Å². The SMILES string of the molecule is Cc1cc([N+](=O)[O-])ccc1C(=O)Nc1cc(C(=O)O)[nH]n1. The highest BCUT2D eigenvalue weighted by Crippen LogP contribution is 2.18. The maximum Gasteiger partial charge on any atom is 0.353 e. The monoisotopic (exact) mass is 290 g/mol. The van der Waals surface area contributed by atoms with Crippen molar-refractivity contribution < 1.29 is 19.6 Å². The molecule has 0 aliphatic carbocycles. The summed E-state index contributed by atoms with van der Waals surface area (Å²) in [5.74, 6) is -1.68. The summed E-state index contributed by atoms with van der Waals surface area (Å²) in [5, 5.41) is 27.6. The fraction of sp³-hybridized carbons (Fsp3) is 0.0833. The number of aromatic amines is 1. The van der Waals surface area contributed by atoms with Gasteiger partial charge in [0, 0.05) is 23.8 Å². The number of nitrogens with zero attached hydrogens (tertiary/aromatic N) is 2. The summed E-state index contributed by atoms with van der Waals surface area (Å²) >= 11 is 0. The molecule has 9 nitrogen and oxygen atoms in total. The van der Waals surface area contributed by atoms with Gasteiger partial charge in [0.1, 0.15) is 5.69 Å². The molecule has 9 heteroatoms. The Morgan fingerprint density at radius 2 is 2.10 bits per heavy atom. The Bertz CT molecular complexity index is 737. The number of anilines is 1. The molecule has 0 aliphatic rings. The van der Waals surface area contributed by atoms with Gasteiger partial charge in [0.15, 0.2) is 5.82 Å². The fourth-order valence-electron chi connectivity index (χ4n) is 1.70. The first-order valence-corrected chi connectivity index (χ1v) is 5.73. The molecule has 1 heterocycles. The number of aryl methyl sites for hydroxylation is 1. The molecular weight excluding hydrogens is 280 g/mol. The van der Waals surface area contributed by atoms with Gasteiger partial charge in [-0.05, 0) is 18.6 Å². The van der Waals surface area contributed by atoms with Crippen molar-refractivity contribution >= 4 is 23.4 Å². The normalized spacial score (nSPS) is 10.1. The lowest BCUT2D eigenvalue weighted by Crippen LogP contribution is -2.13. The zero-order valence-corrected chi connectivity index (χ0v) is 10.8. The number of nitrogens with one attached hydrogen (secondary N) is 2. The molecule has 1 aromatic carbocycles. The molecule has 2 aromatic rings. The van der Waals surface area contributed by atoms with E-state index in [2.05, 4.69) is 15.5 Å². The van der Waals surface area contributed by atoms with Gasteiger partial charge in [-0.3, -0.25) is 20.0 Å². The third-order valence-corrected chi connectivity index (χ3v) is 2.72. The zero-order valence-electron chi connectivity index (χ0n) is 10.8. The number of non-ortho nitro benzene ring substituents is 1. The molecule has 1 amide bonds. The van der Waals surface area contributed by atoms with E-state index in [4.69, 9.17) is 5.11 Å². The van der Waals surface area contributed by atoms with Crippen molar-refractivity contribution in [1.82, 2.24) is 10.2 Å². The lowest BCUT2D eigenvalue weighted by Gasteiger charge is -2.05. The quantitative estimate of drug-likeness (QED) is 0.577. The summed E-state index contributed by atoms with van der Waals surface area (Å²) in [6.45, 7) is 1.56. The standard InChI is InChI=1S/C12H10N4O5/c1-6-4-7(16(20)21)2-3-8(6)11(17)13-10-5-9(12(18)19)14-15-10/h2-5H,1H3,(H,18,19)(H2,13,14,15,17). The Labute approximate surface area is 117 Å². The number of carbonyl (C=O) groups excluding carboxylic acids is 1. The second-order valence-electron chi connectivity index (χ2n) is 4.18. The summed E-state index contributed by atoms with van der Waals surface area (Å²) in [5.41, 5.74) is 0.388. The van der Waals surface area contributed by atoms with Crippen molar-refractivity contribution in [3.8, 4) is 0 Å². The second kappa shape index (κ2) is 5.41. The Kier molecular flexibility index (Phi) is 3.65. The fourth-order valence-corrected chi connectivity index (χ4v) is 1.70. The molecule has 0 saturated heterocycles. The molecule has 0 aliphatic heterocycles. The van der Waals surface area contributed by atoms with E-state index >= 15 is 0 Å². The molecule has 2 rings (SSSR count). The van der Waals surface area contributed by atoms with E-state index in [-0.39, 0.29) is 22.8 Å². The summed E-state index contributed by atoms with van der Waals surface area (Å²) in [6.07, 6.45) is 0. The van der Waals surface area contributed by atoms with Crippen LogP contribution >= 0.6 is 0 Å². The van der Waals surface area contributed by atoms with Crippen LogP contribution in [0.25, 0.3) is 0 Å². The lowest BCUT2D eigenvalue weighted by atomic mass is 10.1. The number of hydrogen-bond acceptors (Lipinski definition) is 5. The maximum atomic E-state index is 12.0. The lowest BCUT2D eigenvalue weighted by molar-refractivity contribution is -0.384. The van der Waals surface area contributed by atoms with E-state index in [1.807, 2.05) is 0 Å². The van der Waals surface area contributed by atoms with Crippen molar-refractivity contribution in [2.24, 2.45) is 0 Å². The van der Waals surface area contributed by atoms with Crippen LogP contribution in [-0.4, -0.2) is 32.1 Å². The Hall–Kier alpha value is -3.23. The Morgan fingerprint density at radius 3 is 2.62 bits per heavy atom.